The number of amides is 1. The van der Waals surface area contributed by atoms with E-state index < -0.39 is 0 Å². The Balaban J connectivity index is 1.15. The molecule has 1 amide bonds. The minimum absolute atomic E-state index is 0.00531. The molecule has 6 rings (SSSR count). The maximum Gasteiger partial charge on any atom is 0.229 e. The number of aryl methyl sites for hydroxylation is 1. The fourth-order valence-electron chi connectivity index (χ4n) is 6.25. The SMILES string of the molecule is Cn1cc(-c2ccc(C(C(=O)NCc3ccccc3)C3CCC(Cc4ncc(C#N)c(N5CC(O)C5)n4)CC3)nc2)cn1. The Hall–Kier alpha value is -4.62. The summed E-state index contributed by atoms with van der Waals surface area (Å²) in [5.74, 6) is 1.57. The summed E-state index contributed by atoms with van der Waals surface area (Å²) in [5.41, 5.74) is 4.25. The highest BCUT2D eigenvalue weighted by Gasteiger charge is 2.35. The van der Waals surface area contributed by atoms with Crippen molar-refractivity contribution in [1.29, 1.82) is 5.26 Å². The van der Waals surface area contributed by atoms with E-state index in [4.69, 9.17) is 9.97 Å². The van der Waals surface area contributed by atoms with E-state index in [0.717, 1.165) is 60.3 Å². The number of hydrogen-bond donors (Lipinski definition) is 2. The van der Waals surface area contributed by atoms with Gasteiger partial charge in [0.25, 0.3) is 0 Å². The van der Waals surface area contributed by atoms with Gasteiger partial charge in [0.2, 0.25) is 5.91 Å². The number of aliphatic hydroxyl groups excluding tert-OH is 1. The molecule has 43 heavy (non-hydrogen) atoms. The number of nitrogens with one attached hydrogen (secondary N) is 1. The molecule has 3 aromatic heterocycles. The smallest absolute Gasteiger partial charge is 0.229 e. The maximum atomic E-state index is 13.7. The van der Waals surface area contributed by atoms with Crippen LogP contribution in [0.2, 0.25) is 0 Å². The monoisotopic (exact) mass is 576 g/mol. The summed E-state index contributed by atoms with van der Waals surface area (Å²) in [6.45, 7) is 1.45. The lowest BCUT2D eigenvalue weighted by Gasteiger charge is -2.37. The van der Waals surface area contributed by atoms with Crippen LogP contribution in [0.1, 0.15) is 54.2 Å². The molecule has 1 unspecified atom stereocenters. The van der Waals surface area contributed by atoms with Gasteiger partial charge in [-0.1, -0.05) is 36.4 Å². The molecule has 2 aliphatic rings. The van der Waals surface area contributed by atoms with Crippen molar-refractivity contribution in [2.75, 3.05) is 18.0 Å². The first-order valence-corrected chi connectivity index (χ1v) is 14.9. The van der Waals surface area contributed by atoms with Crippen molar-refractivity contribution in [2.45, 2.75) is 50.7 Å². The van der Waals surface area contributed by atoms with Gasteiger partial charge in [-0.2, -0.15) is 10.4 Å². The Morgan fingerprint density at radius 1 is 1.05 bits per heavy atom. The van der Waals surface area contributed by atoms with Gasteiger partial charge in [0.05, 0.1) is 30.1 Å². The molecule has 1 aliphatic heterocycles. The van der Waals surface area contributed by atoms with Gasteiger partial charge in [-0.15, -0.1) is 0 Å². The van der Waals surface area contributed by atoms with E-state index in [9.17, 15) is 15.2 Å². The van der Waals surface area contributed by atoms with Crippen LogP contribution in [0.15, 0.2) is 67.3 Å². The van der Waals surface area contributed by atoms with Crippen LogP contribution in [0.3, 0.4) is 0 Å². The topological polar surface area (TPSA) is 133 Å². The van der Waals surface area contributed by atoms with Gasteiger partial charge < -0.3 is 15.3 Å². The molecule has 10 heteroatoms. The minimum atomic E-state index is -0.376. The number of rotatable bonds is 9. The Labute approximate surface area is 251 Å². The molecule has 0 radical (unpaired) electrons. The highest BCUT2D eigenvalue weighted by Crippen LogP contribution is 2.39. The second-order valence-electron chi connectivity index (χ2n) is 11.7. The summed E-state index contributed by atoms with van der Waals surface area (Å²) < 4.78 is 1.76. The minimum Gasteiger partial charge on any atom is -0.389 e. The lowest BCUT2D eigenvalue weighted by Crippen LogP contribution is -2.51. The third kappa shape index (κ3) is 6.57. The average molecular weight is 577 g/mol. The van der Waals surface area contributed by atoms with E-state index in [0.29, 0.717) is 36.9 Å². The summed E-state index contributed by atoms with van der Waals surface area (Å²) in [4.78, 5) is 29.6. The standard InChI is InChI=1S/C33H36N8O2/c1-40-19-27(18-38-40)25-11-12-29(35-16-25)31(33(43)37-15-23-5-3-2-4-6-23)24-9-7-22(8-10-24)13-30-36-17-26(14-34)32(39-30)41-20-28(42)21-41/h2-6,11-12,16-19,22,24,28,31,42H,7-10,13,15,20-21H2,1H3,(H,37,43). The molecule has 1 saturated heterocycles. The quantitative estimate of drug-likeness (QED) is 0.308. The molecule has 1 atom stereocenters. The molecule has 2 fully saturated rings. The number of nitriles is 1. The molecule has 4 aromatic rings. The fourth-order valence-corrected chi connectivity index (χ4v) is 6.25. The number of anilines is 1. The first kappa shape index (κ1) is 28.5. The highest BCUT2D eigenvalue weighted by atomic mass is 16.3. The molecular weight excluding hydrogens is 540 g/mol. The molecule has 0 spiro atoms. The van der Waals surface area contributed by atoms with Crippen molar-refractivity contribution >= 4 is 11.7 Å². The molecule has 1 aromatic carbocycles. The third-order valence-electron chi connectivity index (χ3n) is 8.67. The van der Waals surface area contributed by atoms with Crippen molar-refractivity contribution in [2.24, 2.45) is 18.9 Å². The average Bonchev–Trinajstić information content (AvgIpc) is 3.46. The lowest BCUT2D eigenvalue weighted by atomic mass is 9.73. The number of aliphatic hydroxyl groups is 1. The van der Waals surface area contributed by atoms with Gasteiger partial charge in [0.15, 0.2) is 0 Å². The maximum absolute atomic E-state index is 13.7. The number of benzene rings is 1. The number of pyridine rings is 1. The first-order chi connectivity index (χ1) is 21.0. The van der Waals surface area contributed by atoms with Crippen LogP contribution in [0.25, 0.3) is 11.1 Å². The number of carbonyl (C=O) groups is 1. The molecular formula is C33H36N8O2. The largest absolute Gasteiger partial charge is 0.389 e. The van der Waals surface area contributed by atoms with Crippen molar-refractivity contribution in [3.8, 4) is 17.2 Å². The zero-order chi connectivity index (χ0) is 29.8. The van der Waals surface area contributed by atoms with Gasteiger partial charge in [0.1, 0.15) is 23.3 Å². The number of aromatic nitrogens is 5. The lowest BCUT2D eigenvalue weighted by molar-refractivity contribution is -0.124. The zero-order valence-corrected chi connectivity index (χ0v) is 24.3. The Morgan fingerprint density at radius 3 is 2.49 bits per heavy atom. The second-order valence-corrected chi connectivity index (χ2v) is 11.7. The van der Waals surface area contributed by atoms with Crippen LogP contribution in [0, 0.1) is 23.2 Å². The van der Waals surface area contributed by atoms with Crippen LogP contribution in [-0.4, -0.2) is 54.9 Å². The Bertz CT molecular complexity index is 1580. The zero-order valence-electron chi connectivity index (χ0n) is 24.3. The highest BCUT2D eigenvalue weighted by molar-refractivity contribution is 5.83. The second kappa shape index (κ2) is 12.7. The van der Waals surface area contributed by atoms with Crippen LogP contribution in [0.4, 0.5) is 5.82 Å². The van der Waals surface area contributed by atoms with Crippen molar-refractivity contribution in [1.82, 2.24) is 30.0 Å². The number of hydrogen-bond acceptors (Lipinski definition) is 8. The van der Waals surface area contributed by atoms with E-state index in [2.05, 4.69) is 21.5 Å². The molecule has 1 saturated carbocycles. The van der Waals surface area contributed by atoms with E-state index in [1.165, 1.54) is 0 Å². The van der Waals surface area contributed by atoms with E-state index in [1.807, 2.05) is 73.0 Å². The summed E-state index contributed by atoms with van der Waals surface area (Å²) in [6.07, 6.45) is 11.3. The first-order valence-electron chi connectivity index (χ1n) is 14.9. The fraction of sp³-hybridized carbons (Fsp3) is 0.394. The van der Waals surface area contributed by atoms with E-state index in [1.54, 1.807) is 10.9 Å². The van der Waals surface area contributed by atoms with Crippen LogP contribution in [-0.2, 0) is 24.8 Å². The predicted molar refractivity (Wildman–Crippen MR) is 162 cm³/mol. The van der Waals surface area contributed by atoms with Gasteiger partial charge in [-0.05, 0) is 49.1 Å². The molecule has 4 heterocycles. The number of carbonyl (C=O) groups excluding carboxylic acids is 1. The Kier molecular flexibility index (Phi) is 8.43. The molecule has 1 aliphatic carbocycles. The molecule has 0 bridgehead atoms. The summed E-state index contributed by atoms with van der Waals surface area (Å²) in [7, 11) is 1.89. The molecule has 10 nitrogen and oxygen atoms in total. The molecule has 220 valence electrons. The normalized spacial score (nSPS) is 19.3. The summed E-state index contributed by atoms with van der Waals surface area (Å²) in [5, 5.41) is 26.7. The third-order valence-corrected chi connectivity index (χ3v) is 8.67. The Morgan fingerprint density at radius 2 is 1.84 bits per heavy atom. The van der Waals surface area contributed by atoms with Crippen molar-refractivity contribution < 1.29 is 9.90 Å². The number of nitrogens with zero attached hydrogens (tertiary/aromatic N) is 7. The van der Waals surface area contributed by atoms with Crippen LogP contribution >= 0.6 is 0 Å². The van der Waals surface area contributed by atoms with Gasteiger partial charge in [-0.25, -0.2) is 9.97 Å². The summed E-state index contributed by atoms with van der Waals surface area (Å²) >= 11 is 0. The van der Waals surface area contributed by atoms with Gasteiger partial charge in [0, 0.05) is 56.6 Å². The van der Waals surface area contributed by atoms with Crippen molar-refractivity contribution in [3.63, 3.8) is 0 Å². The van der Waals surface area contributed by atoms with Gasteiger partial charge in [-0.3, -0.25) is 14.5 Å². The predicted octanol–water partition coefficient (Wildman–Crippen LogP) is 3.77. The van der Waals surface area contributed by atoms with Crippen LogP contribution < -0.4 is 10.2 Å². The van der Waals surface area contributed by atoms with Gasteiger partial charge >= 0.3 is 0 Å². The van der Waals surface area contributed by atoms with E-state index in [-0.39, 0.29) is 23.8 Å². The molecule has 2 N–H and O–H groups in total. The van der Waals surface area contributed by atoms with Crippen molar-refractivity contribution in [3.05, 3.63) is 89.9 Å². The van der Waals surface area contributed by atoms with Crippen LogP contribution in [0.5, 0.6) is 0 Å². The van der Waals surface area contributed by atoms with E-state index >= 15 is 0 Å². The number of β-amino-alcohol motifs (C(OH)–C–C–N with tert-alkyl or cyclic N) is 1. The summed E-state index contributed by atoms with van der Waals surface area (Å²) in [6, 6.07) is 16.1.